The van der Waals surface area contributed by atoms with Gasteiger partial charge in [-0.1, -0.05) is 11.6 Å². The van der Waals surface area contributed by atoms with Gasteiger partial charge < -0.3 is 9.47 Å². The average Bonchev–Trinajstić information content (AvgIpc) is 2.76. The molecule has 1 saturated heterocycles. The van der Waals surface area contributed by atoms with E-state index in [1.165, 1.54) is 16.7 Å². The topological polar surface area (TPSA) is 51.1 Å². The normalized spacial score (nSPS) is 18.7. The van der Waals surface area contributed by atoms with E-state index in [2.05, 4.69) is 4.99 Å². The van der Waals surface area contributed by atoms with Crippen LogP contribution in [0.5, 0.6) is 11.5 Å². The largest absolute Gasteiger partial charge is 0.493 e. The van der Waals surface area contributed by atoms with E-state index in [1.54, 1.807) is 46.5 Å². The summed E-state index contributed by atoms with van der Waals surface area (Å²) in [5.74, 6) is 0.997. The number of methoxy groups -OCH3 is 2. The Morgan fingerprint density at radius 1 is 1.29 bits per heavy atom. The minimum atomic E-state index is -0.105. The fourth-order valence-corrected chi connectivity index (χ4v) is 3.00. The molecule has 0 N–H and O–H groups in total. The van der Waals surface area contributed by atoms with Crippen LogP contribution >= 0.6 is 23.4 Å². The van der Waals surface area contributed by atoms with Gasteiger partial charge in [0.25, 0.3) is 5.91 Å². The molecule has 1 amide bonds. The number of hydrogen-bond acceptors (Lipinski definition) is 5. The standard InChI is InChI=1S/C14H15ClN2O3S/c1-16-14-17(2)13(18)12(21-14)6-8-5-10(19-3)11(20-4)7-9(8)15/h5-7H,1-4H3/b12-6+,16-14?. The molecule has 0 aliphatic carbocycles. The number of amides is 1. The van der Waals surface area contributed by atoms with E-state index in [1.807, 2.05) is 0 Å². The second kappa shape index (κ2) is 6.41. The number of nitrogens with zero attached hydrogens (tertiary/aromatic N) is 2. The Morgan fingerprint density at radius 3 is 2.43 bits per heavy atom. The van der Waals surface area contributed by atoms with E-state index in [4.69, 9.17) is 21.1 Å². The van der Waals surface area contributed by atoms with Gasteiger partial charge >= 0.3 is 0 Å². The minimum absolute atomic E-state index is 0.105. The summed E-state index contributed by atoms with van der Waals surface area (Å²) in [4.78, 5) is 18.3. The molecular formula is C14H15ClN2O3S. The number of aliphatic imine (C=N–C) groups is 1. The molecule has 0 saturated carbocycles. The van der Waals surface area contributed by atoms with E-state index >= 15 is 0 Å². The van der Waals surface area contributed by atoms with Gasteiger partial charge in [0, 0.05) is 20.2 Å². The van der Waals surface area contributed by atoms with Crippen LogP contribution in [0.3, 0.4) is 0 Å². The van der Waals surface area contributed by atoms with Crippen LogP contribution in [0.2, 0.25) is 5.02 Å². The molecule has 5 nitrogen and oxygen atoms in total. The second-order valence-corrected chi connectivity index (χ2v) is 5.63. The number of ether oxygens (including phenoxy) is 2. The molecule has 0 radical (unpaired) electrons. The van der Waals surface area contributed by atoms with Gasteiger partial charge in [-0.05, 0) is 29.5 Å². The lowest BCUT2D eigenvalue weighted by Crippen LogP contribution is -2.23. The number of amidine groups is 1. The molecule has 112 valence electrons. The van der Waals surface area contributed by atoms with Crippen LogP contribution < -0.4 is 9.47 Å². The molecule has 1 heterocycles. The zero-order chi connectivity index (χ0) is 15.6. The Balaban J connectivity index is 2.44. The fourth-order valence-electron chi connectivity index (χ4n) is 1.87. The first kappa shape index (κ1) is 15.7. The lowest BCUT2D eigenvalue weighted by molar-refractivity contribution is -0.121. The number of carbonyl (C=O) groups excluding carboxylic acids is 1. The van der Waals surface area contributed by atoms with Crippen molar-refractivity contribution in [1.82, 2.24) is 4.90 Å². The van der Waals surface area contributed by atoms with Crippen LogP contribution in [0.4, 0.5) is 0 Å². The maximum Gasteiger partial charge on any atom is 0.266 e. The van der Waals surface area contributed by atoms with Crippen molar-refractivity contribution < 1.29 is 14.3 Å². The van der Waals surface area contributed by atoms with Gasteiger partial charge in [0.15, 0.2) is 16.7 Å². The predicted octanol–water partition coefficient (Wildman–Crippen LogP) is 2.89. The summed E-state index contributed by atoms with van der Waals surface area (Å²) in [6.07, 6.45) is 1.73. The summed E-state index contributed by atoms with van der Waals surface area (Å²) in [5, 5.41) is 1.14. The first-order chi connectivity index (χ1) is 10.0. The highest BCUT2D eigenvalue weighted by Crippen LogP contribution is 2.37. The van der Waals surface area contributed by atoms with E-state index in [-0.39, 0.29) is 5.91 Å². The summed E-state index contributed by atoms with van der Waals surface area (Å²) in [6, 6.07) is 3.40. The Morgan fingerprint density at radius 2 is 1.90 bits per heavy atom. The van der Waals surface area contributed by atoms with Gasteiger partial charge in [-0.25, -0.2) is 0 Å². The summed E-state index contributed by atoms with van der Waals surface area (Å²) in [6.45, 7) is 0. The van der Waals surface area contributed by atoms with Gasteiger partial charge in [-0.15, -0.1) is 0 Å². The number of benzene rings is 1. The smallest absolute Gasteiger partial charge is 0.266 e. The SMILES string of the molecule is CN=C1S/C(=C/c2cc(OC)c(OC)cc2Cl)C(=O)N1C. The zero-order valence-electron chi connectivity index (χ0n) is 12.1. The van der Waals surface area contributed by atoms with E-state index < -0.39 is 0 Å². The van der Waals surface area contributed by atoms with Crippen molar-refractivity contribution >= 4 is 40.5 Å². The molecule has 0 atom stereocenters. The van der Waals surface area contributed by atoms with Crippen LogP contribution in [0.1, 0.15) is 5.56 Å². The molecule has 1 aromatic rings. The monoisotopic (exact) mass is 326 g/mol. The summed E-state index contributed by atoms with van der Waals surface area (Å²) in [5.41, 5.74) is 0.691. The Hall–Kier alpha value is -1.66. The Bertz CT molecular complexity index is 643. The molecule has 1 fully saturated rings. The number of likely N-dealkylation sites (N-methyl/N-ethyl adjacent to an activating group) is 1. The lowest BCUT2D eigenvalue weighted by atomic mass is 10.1. The molecule has 21 heavy (non-hydrogen) atoms. The van der Waals surface area contributed by atoms with Gasteiger partial charge in [0.05, 0.1) is 24.1 Å². The van der Waals surface area contributed by atoms with Crippen molar-refractivity contribution in [3.63, 3.8) is 0 Å². The number of thioether (sulfide) groups is 1. The van der Waals surface area contributed by atoms with Gasteiger partial charge in [0.2, 0.25) is 0 Å². The zero-order valence-corrected chi connectivity index (χ0v) is 13.7. The summed E-state index contributed by atoms with van der Waals surface area (Å²) in [7, 11) is 6.43. The quantitative estimate of drug-likeness (QED) is 0.801. The third-order valence-electron chi connectivity index (χ3n) is 2.98. The maximum absolute atomic E-state index is 12.1. The van der Waals surface area contributed by atoms with Gasteiger partial charge in [-0.2, -0.15) is 0 Å². The third kappa shape index (κ3) is 3.01. The third-order valence-corrected chi connectivity index (χ3v) is 4.46. The Kier molecular flexibility index (Phi) is 4.80. The van der Waals surface area contributed by atoms with Crippen LogP contribution in [0, 0.1) is 0 Å². The first-order valence-electron chi connectivity index (χ1n) is 6.07. The van der Waals surface area contributed by atoms with Crippen molar-refractivity contribution in [2.45, 2.75) is 0 Å². The number of carbonyl (C=O) groups is 1. The first-order valence-corrected chi connectivity index (χ1v) is 7.27. The highest BCUT2D eigenvalue weighted by Gasteiger charge is 2.30. The van der Waals surface area contributed by atoms with Crippen molar-refractivity contribution in [3.8, 4) is 11.5 Å². The van der Waals surface area contributed by atoms with Crippen molar-refractivity contribution in [1.29, 1.82) is 0 Å². The maximum atomic E-state index is 12.1. The molecule has 1 aliphatic rings. The van der Waals surface area contributed by atoms with Crippen molar-refractivity contribution in [3.05, 3.63) is 27.6 Å². The van der Waals surface area contributed by atoms with Crippen LogP contribution in [0.15, 0.2) is 22.0 Å². The van der Waals surface area contributed by atoms with Crippen molar-refractivity contribution in [2.24, 2.45) is 4.99 Å². The lowest BCUT2D eigenvalue weighted by Gasteiger charge is -2.10. The van der Waals surface area contributed by atoms with Crippen LogP contribution in [0.25, 0.3) is 6.08 Å². The molecule has 1 aromatic carbocycles. The molecule has 0 spiro atoms. The average molecular weight is 327 g/mol. The van der Waals surface area contributed by atoms with E-state index in [9.17, 15) is 4.79 Å². The van der Waals surface area contributed by atoms with Crippen LogP contribution in [-0.4, -0.2) is 44.3 Å². The van der Waals surface area contributed by atoms with E-state index in [0.717, 1.165) is 0 Å². The number of hydrogen-bond donors (Lipinski definition) is 0. The van der Waals surface area contributed by atoms with Crippen LogP contribution in [-0.2, 0) is 4.79 Å². The minimum Gasteiger partial charge on any atom is -0.493 e. The Labute approximate surface area is 132 Å². The molecule has 0 bridgehead atoms. The van der Waals surface area contributed by atoms with Crippen molar-refractivity contribution in [2.75, 3.05) is 28.3 Å². The highest BCUT2D eigenvalue weighted by atomic mass is 35.5. The molecule has 0 aromatic heterocycles. The summed E-state index contributed by atoms with van der Waals surface area (Å²) < 4.78 is 10.4. The number of halogens is 1. The van der Waals surface area contributed by atoms with Gasteiger partial charge in [0.1, 0.15) is 0 Å². The van der Waals surface area contributed by atoms with Gasteiger partial charge in [-0.3, -0.25) is 14.7 Å². The van der Waals surface area contributed by atoms with E-state index in [0.29, 0.717) is 32.2 Å². The molecule has 2 rings (SSSR count). The second-order valence-electron chi connectivity index (χ2n) is 4.21. The fraction of sp³-hybridized carbons (Fsp3) is 0.286. The molecule has 0 unspecified atom stereocenters. The predicted molar refractivity (Wildman–Crippen MR) is 86.3 cm³/mol. The molecule has 1 aliphatic heterocycles. The number of rotatable bonds is 3. The molecule has 7 heteroatoms. The molecular weight excluding hydrogens is 312 g/mol. The summed E-state index contributed by atoms with van der Waals surface area (Å²) >= 11 is 7.54. The highest BCUT2D eigenvalue weighted by molar-refractivity contribution is 8.18.